The van der Waals surface area contributed by atoms with E-state index in [9.17, 15) is 9.59 Å². The number of benzene rings is 2. The van der Waals surface area contributed by atoms with Gasteiger partial charge in [0.25, 0.3) is 0 Å². The summed E-state index contributed by atoms with van der Waals surface area (Å²) in [5.74, 6) is 1.03. The number of ketones is 1. The van der Waals surface area contributed by atoms with Gasteiger partial charge in [0.2, 0.25) is 5.75 Å². The van der Waals surface area contributed by atoms with Gasteiger partial charge < -0.3 is 37.9 Å². The third-order valence-electron chi connectivity index (χ3n) is 4.65. The predicted octanol–water partition coefficient (Wildman–Crippen LogP) is 2.69. The summed E-state index contributed by atoms with van der Waals surface area (Å²) in [6.07, 6.45) is -0.0836. The molecule has 0 spiro atoms. The van der Waals surface area contributed by atoms with E-state index in [2.05, 4.69) is 0 Å². The number of carbonyl (C=O) groups is 2. The molecule has 0 bridgehead atoms. The van der Waals surface area contributed by atoms with E-state index in [4.69, 9.17) is 37.9 Å². The molecule has 0 aromatic heterocycles. The Morgan fingerprint density at radius 3 is 2.03 bits per heavy atom. The van der Waals surface area contributed by atoms with Crippen LogP contribution in [-0.2, 0) is 25.4 Å². The fraction of sp³-hybridized carbons (Fsp3) is 0.417. The summed E-state index contributed by atoms with van der Waals surface area (Å²) >= 11 is 0. The Morgan fingerprint density at radius 2 is 1.44 bits per heavy atom. The van der Waals surface area contributed by atoms with E-state index < -0.39 is 18.4 Å². The van der Waals surface area contributed by atoms with Crippen molar-refractivity contribution >= 4 is 11.8 Å². The molecule has 0 heterocycles. The Morgan fingerprint density at radius 1 is 0.765 bits per heavy atom. The predicted molar refractivity (Wildman–Crippen MR) is 121 cm³/mol. The Balaban J connectivity index is 1.98. The molecule has 10 nitrogen and oxygen atoms in total. The second-order valence-electron chi connectivity index (χ2n) is 6.82. The topological polar surface area (TPSA) is 108 Å². The molecule has 34 heavy (non-hydrogen) atoms. The molecule has 186 valence electrons. The molecule has 0 amide bonds. The SMILES string of the molecule is COCCOCOc1cc(C(=O)COC(=O)Cc2cc(OC)c(OC)c(OC)c2)ccc1OC. The molecule has 2 aromatic rings. The van der Waals surface area contributed by atoms with Crippen LogP contribution in [0.1, 0.15) is 15.9 Å². The number of carbonyl (C=O) groups excluding carboxylic acids is 2. The van der Waals surface area contributed by atoms with E-state index >= 15 is 0 Å². The van der Waals surface area contributed by atoms with Crippen LogP contribution in [0, 0.1) is 0 Å². The van der Waals surface area contributed by atoms with Gasteiger partial charge in [-0.3, -0.25) is 9.59 Å². The van der Waals surface area contributed by atoms with Gasteiger partial charge >= 0.3 is 5.97 Å². The summed E-state index contributed by atoms with van der Waals surface area (Å²) in [5.41, 5.74) is 0.883. The van der Waals surface area contributed by atoms with Gasteiger partial charge in [0, 0.05) is 12.7 Å². The van der Waals surface area contributed by atoms with E-state index in [0.717, 1.165) is 0 Å². The fourth-order valence-electron chi connectivity index (χ4n) is 2.95. The Hall–Kier alpha value is -3.50. The van der Waals surface area contributed by atoms with Crippen molar-refractivity contribution in [1.29, 1.82) is 0 Å². The van der Waals surface area contributed by atoms with Crippen molar-refractivity contribution in [2.24, 2.45) is 0 Å². The maximum Gasteiger partial charge on any atom is 0.310 e. The lowest BCUT2D eigenvalue weighted by Crippen LogP contribution is -2.16. The number of methoxy groups -OCH3 is 5. The molecule has 0 aliphatic heterocycles. The third-order valence-corrected chi connectivity index (χ3v) is 4.65. The third kappa shape index (κ3) is 7.53. The zero-order valence-electron chi connectivity index (χ0n) is 20.0. The molecule has 0 saturated carbocycles. The number of rotatable bonds is 15. The number of hydrogen-bond acceptors (Lipinski definition) is 10. The van der Waals surface area contributed by atoms with Gasteiger partial charge in [-0.15, -0.1) is 0 Å². The normalized spacial score (nSPS) is 10.4. The molecule has 0 fully saturated rings. The lowest BCUT2D eigenvalue weighted by atomic mass is 10.1. The van der Waals surface area contributed by atoms with Crippen molar-refractivity contribution in [2.75, 3.05) is 62.2 Å². The minimum absolute atomic E-state index is 0.0405. The molecular weight excluding hydrogens is 448 g/mol. The zero-order valence-corrected chi connectivity index (χ0v) is 20.0. The standard InChI is InChI=1S/C24H30O10/c1-27-8-9-32-15-34-20-13-17(6-7-19(20)28-2)18(25)14-33-23(26)12-16-10-21(29-3)24(31-5)22(11-16)30-4/h6-7,10-11,13H,8-9,12,14-15H2,1-5H3. The van der Waals surface area contributed by atoms with Crippen molar-refractivity contribution in [3.63, 3.8) is 0 Å². The van der Waals surface area contributed by atoms with E-state index in [0.29, 0.717) is 53.1 Å². The first-order valence-corrected chi connectivity index (χ1v) is 10.3. The van der Waals surface area contributed by atoms with Crippen LogP contribution in [0.5, 0.6) is 28.7 Å². The lowest BCUT2D eigenvalue weighted by Gasteiger charge is -2.14. The average Bonchev–Trinajstić information content (AvgIpc) is 2.86. The fourth-order valence-corrected chi connectivity index (χ4v) is 2.95. The first-order valence-electron chi connectivity index (χ1n) is 10.3. The van der Waals surface area contributed by atoms with Crippen LogP contribution in [0.3, 0.4) is 0 Å². The van der Waals surface area contributed by atoms with Crippen molar-refractivity contribution < 1.29 is 47.5 Å². The number of hydrogen-bond donors (Lipinski definition) is 0. The van der Waals surface area contributed by atoms with Crippen LogP contribution in [0.2, 0.25) is 0 Å². The highest BCUT2D eigenvalue weighted by atomic mass is 16.7. The highest BCUT2D eigenvalue weighted by Crippen LogP contribution is 2.38. The van der Waals surface area contributed by atoms with Gasteiger partial charge in [-0.1, -0.05) is 0 Å². The Kier molecular flexibility index (Phi) is 10.9. The highest BCUT2D eigenvalue weighted by molar-refractivity contribution is 5.98. The van der Waals surface area contributed by atoms with Crippen molar-refractivity contribution in [3.05, 3.63) is 41.5 Å². The second-order valence-corrected chi connectivity index (χ2v) is 6.82. The summed E-state index contributed by atoms with van der Waals surface area (Å²) in [5, 5.41) is 0. The monoisotopic (exact) mass is 478 g/mol. The first-order chi connectivity index (χ1) is 16.5. The molecule has 0 atom stereocenters. The van der Waals surface area contributed by atoms with E-state index in [-0.39, 0.29) is 13.2 Å². The molecule has 0 saturated heterocycles. The second kappa shape index (κ2) is 13.9. The molecule has 0 aliphatic rings. The maximum atomic E-state index is 12.6. The summed E-state index contributed by atoms with van der Waals surface area (Å²) in [6, 6.07) is 7.95. The van der Waals surface area contributed by atoms with Crippen LogP contribution in [0.4, 0.5) is 0 Å². The lowest BCUT2D eigenvalue weighted by molar-refractivity contribution is -0.141. The van der Waals surface area contributed by atoms with Gasteiger partial charge in [0.1, 0.15) is 0 Å². The first kappa shape index (κ1) is 26.7. The molecule has 0 unspecified atom stereocenters. The largest absolute Gasteiger partial charge is 0.493 e. The van der Waals surface area contributed by atoms with E-state index in [1.54, 1.807) is 31.4 Å². The Bertz CT molecular complexity index is 932. The van der Waals surface area contributed by atoms with Crippen LogP contribution < -0.4 is 23.7 Å². The molecule has 10 heteroatoms. The van der Waals surface area contributed by atoms with Gasteiger partial charge in [-0.2, -0.15) is 0 Å². The van der Waals surface area contributed by atoms with E-state index in [1.807, 2.05) is 0 Å². The summed E-state index contributed by atoms with van der Waals surface area (Å²) in [4.78, 5) is 24.9. The molecular formula is C24H30O10. The minimum atomic E-state index is -0.584. The summed E-state index contributed by atoms with van der Waals surface area (Å²) in [6.45, 7) is 0.320. The van der Waals surface area contributed by atoms with Crippen molar-refractivity contribution in [2.45, 2.75) is 6.42 Å². The van der Waals surface area contributed by atoms with Gasteiger partial charge in [0.05, 0.1) is 48.1 Å². The quantitative estimate of drug-likeness (QED) is 0.164. The smallest absolute Gasteiger partial charge is 0.310 e. The molecule has 0 N–H and O–H groups in total. The number of ether oxygens (including phenoxy) is 8. The molecule has 0 aliphatic carbocycles. The molecule has 2 aromatic carbocycles. The summed E-state index contributed by atoms with van der Waals surface area (Å²) in [7, 11) is 7.51. The van der Waals surface area contributed by atoms with Crippen molar-refractivity contribution in [1.82, 2.24) is 0 Å². The van der Waals surface area contributed by atoms with Gasteiger partial charge in [-0.25, -0.2) is 0 Å². The molecule has 2 rings (SSSR count). The van der Waals surface area contributed by atoms with E-state index in [1.165, 1.54) is 34.5 Å². The average molecular weight is 478 g/mol. The van der Waals surface area contributed by atoms with Crippen LogP contribution >= 0.6 is 0 Å². The maximum absolute atomic E-state index is 12.6. The molecule has 0 radical (unpaired) electrons. The van der Waals surface area contributed by atoms with Crippen LogP contribution in [-0.4, -0.2) is 73.9 Å². The zero-order chi connectivity index (χ0) is 24.9. The van der Waals surface area contributed by atoms with Crippen LogP contribution in [0.15, 0.2) is 30.3 Å². The van der Waals surface area contributed by atoms with Crippen molar-refractivity contribution in [3.8, 4) is 28.7 Å². The van der Waals surface area contributed by atoms with Gasteiger partial charge in [0.15, 0.2) is 42.2 Å². The van der Waals surface area contributed by atoms with Crippen LogP contribution in [0.25, 0.3) is 0 Å². The van der Waals surface area contributed by atoms with Gasteiger partial charge in [-0.05, 0) is 35.9 Å². The number of esters is 1. The number of Topliss-reactive ketones (excluding diaryl/α,β-unsaturated/α-hetero) is 1. The minimum Gasteiger partial charge on any atom is -0.493 e. The highest BCUT2D eigenvalue weighted by Gasteiger charge is 2.17. The Labute approximate surface area is 198 Å². The summed E-state index contributed by atoms with van der Waals surface area (Å²) < 4.78 is 42.0.